The van der Waals surface area contributed by atoms with Gasteiger partial charge in [-0.2, -0.15) is 11.3 Å². The van der Waals surface area contributed by atoms with Crippen molar-refractivity contribution in [3.8, 4) is 0 Å². The van der Waals surface area contributed by atoms with Crippen LogP contribution < -0.4 is 0 Å². The lowest BCUT2D eigenvalue weighted by Gasteiger charge is -2.18. The third-order valence-corrected chi connectivity index (χ3v) is 4.13. The van der Waals surface area contributed by atoms with Gasteiger partial charge in [0.25, 0.3) is 0 Å². The Labute approximate surface area is 251 Å². The molecule has 39 heavy (non-hydrogen) atoms. The van der Waals surface area contributed by atoms with E-state index in [1.54, 1.807) is 46.8 Å². The molecule has 2 nitrogen and oxygen atoms in total. The van der Waals surface area contributed by atoms with Gasteiger partial charge in [0.15, 0.2) is 0 Å². The number of hydrogen-bond acceptors (Lipinski definition) is 4. The van der Waals surface area contributed by atoms with Crippen molar-refractivity contribution in [3.63, 3.8) is 0 Å². The molecule has 0 amide bonds. The Balaban J connectivity index is -0.000000400. The predicted octanol–water partition coefficient (Wildman–Crippen LogP) is 12.3. The number of benzene rings is 1. The van der Waals surface area contributed by atoms with E-state index in [1.165, 1.54) is 5.56 Å². The number of thiazole rings is 1. The second-order valence-electron chi connectivity index (χ2n) is 12.6. The molecule has 3 heterocycles. The van der Waals surface area contributed by atoms with Gasteiger partial charge in [-0.1, -0.05) is 139 Å². The molecule has 3 aromatic heterocycles. The molecule has 0 atom stereocenters. The summed E-state index contributed by atoms with van der Waals surface area (Å²) in [4.78, 5) is 7.53. The number of thiophene rings is 1. The van der Waals surface area contributed by atoms with E-state index in [4.69, 9.17) is 0 Å². The smallest absolute Gasteiger partial charge is 0.0791 e. The zero-order valence-electron chi connectivity index (χ0n) is 27.2. The summed E-state index contributed by atoms with van der Waals surface area (Å²) in [5.74, 6) is 1.67. The fraction of sp³-hybridized carbons (Fsp3) is 0.486. The minimum atomic E-state index is 0.293. The molecule has 0 saturated carbocycles. The van der Waals surface area contributed by atoms with Crippen LogP contribution in [0.2, 0.25) is 0 Å². The van der Waals surface area contributed by atoms with Crippen molar-refractivity contribution in [3.05, 3.63) is 106 Å². The zero-order valence-corrected chi connectivity index (χ0v) is 28.8. The highest BCUT2D eigenvalue weighted by Gasteiger charge is 2.11. The lowest BCUT2D eigenvalue weighted by Crippen LogP contribution is -2.10. The minimum Gasteiger partial charge on any atom is -0.265 e. The lowest BCUT2D eigenvalue weighted by molar-refractivity contribution is 0.469. The fourth-order valence-electron chi connectivity index (χ4n) is 1.65. The molecule has 0 fully saturated rings. The first kappa shape index (κ1) is 41.2. The molecule has 4 aromatic rings. The van der Waals surface area contributed by atoms with Crippen LogP contribution in [0.4, 0.5) is 0 Å². The molecule has 4 heteroatoms. The molecule has 0 unspecified atom stereocenters. The molecule has 0 aliphatic carbocycles. The monoisotopic (exact) mass is 570 g/mol. The van der Waals surface area contributed by atoms with E-state index >= 15 is 0 Å². The first-order valence-corrected chi connectivity index (χ1v) is 15.7. The average molecular weight is 571 g/mol. The van der Waals surface area contributed by atoms with E-state index < -0.39 is 0 Å². The van der Waals surface area contributed by atoms with E-state index in [0.29, 0.717) is 10.8 Å². The molecule has 0 spiro atoms. The Morgan fingerprint density at radius 3 is 1.08 bits per heavy atom. The van der Waals surface area contributed by atoms with E-state index in [1.807, 2.05) is 46.5 Å². The highest BCUT2D eigenvalue weighted by atomic mass is 32.1. The maximum Gasteiger partial charge on any atom is 0.0791 e. The Bertz CT molecular complexity index is 784. The Morgan fingerprint density at radius 2 is 0.923 bits per heavy atom. The Kier molecular flexibility index (Phi) is 28.8. The quantitative estimate of drug-likeness (QED) is 0.210. The SMILES string of the molecule is CC(C)(C)C.CC(C)(C)c1ccccc1.CC(C)C.CC(C)C.c1ccncc1.c1ccsc1.c1cscn1. The first-order chi connectivity index (χ1) is 18.1. The minimum absolute atomic E-state index is 0.293. The van der Waals surface area contributed by atoms with Crippen molar-refractivity contribution < 1.29 is 0 Å². The summed E-state index contributed by atoms with van der Waals surface area (Å²) in [6.07, 6.45) is 5.27. The van der Waals surface area contributed by atoms with Crippen molar-refractivity contribution in [1.82, 2.24) is 9.97 Å². The lowest BCUT2D eigenvalue weighted by atomic mass is 9.87. The summed E-state index contributed by atoms with van der Waals surface area (Å²) in [5.41, 5.74) is 3.98. The van der Waals surface area contributed by atoms with E-state index in [9.17, 15) is 0 Å². The third-order valence-electron chi connectivity index (χ3n) is 2.98. The number of nitrogens with zero attached hydrogens (tertiary/aromatic N) is 2. The summed E-state index contributed by atoms with van der Waals surface area (Å²) >= 11 is 3.31. The van der Waals surface area contributed by atoms with Crippen LogP contribution in [-0.4, -0.2) is 9.97 Å². The maximum absolute atomic E-state index is 3.78. The van der Waals surface area contributed by atoms with E-state index in [0.717, 1.165) is 11.8 Å². The van der Waals surface area contributed by atoms with Crippen LogP contribution in [0.3, 0.4) is 0 Å². The van der Waals surface area contributed by atoms with Crippen LogP contribution in [0.25, 0.3) is 0 Å². The highest BCUT2D eigenvalue weighted by Crippen LogP contribution is 2.20. The largest absolute Gasteiger partial charge is 0.265 e. The van der Waals surface area contributed by atoms with Crippen molar-refractivity contribution in [1.29, 1.82) is 0 Å². The highest BCUT2D eigenvalue weighted by molar-refractivity contribution is 7.07. The molecule has 220 valence electrons. The van der Waals surface area contributed by atoms with Gasteiger partial charge in [-0.15, -0.1) is 11.3 Å². The summed E-state index contributed by atoms with van der Waals surface area (Å²) in [7, 11) is 0. The average Bonchev–Trinajstić information content (AvgIpc) is 3.58. The van der Waals surface area contributed by atoms with Crippen molar-refractivity contribution in [2.75, 3.05) is 0 Å². The Morgan fingerprint density at radius 1 is 0.513 bits per heavy atom. The summed E-state index contributed by atoms with van der Waals surface area (Å²) in [6.45, 7) is 28.4. The predicted molar refractivity (Wildman–Crippen MR) is 182 cm³/mol. The van der Waals surface area contributed by atoms with Gasteiger partial charge in [-0.05, 0) is 51.1 Å². The Hall–Kier alpha value is -2.30. The second-order valence-corrected chi connectivity index (χ2v) is 14.1. The van der Waals surface area contributed by atoms with Gasteiger partial charge in [0, 0.05) is 24.0 Å². The number of pyridine rings is 1. The van der Waals surface area contributed by atoms with Gasteiger partial charge in [-0.3, -0.25) is 9.97 Å². The maximum atomic E-state index is 3.78. The van der Waals surface area contributed by atoms with Gasteiger partial charge >= 0.3 is 0 Å². The molecule has 0 aliphatic rings. The molecular weight excluding hydrogens is 513 g/mol. The topological polar surface area (TPSA) is 25.8 Å². The molecule has 4 rings (SSSR count). The second kappa shape index (κ2) is 27.3. The molecular formula is C35H58N2S2. The fourth-order valence-corrected chi connectivity index (χ4v) is 2.46. The van der Waals surface area contributed by atoms with Crippen molar-refractivity contribution in [2.24, 2.45) is 17.3 Å². The van der Waals surface area contributed by atoms with Crippen molar-refractivity contribution >= 4 is 22.7 Å². The van der Waals surface area contributed by atoms with Crippen LogP contribution in [0.1, 0.15) is 95.6 Å². The van der Waals surface area contributed by atoms with Crippen LogP contribution in [-0.2, 0) is 5.41 Å². The molecule has 0 N–H and O–H groups in total. The number of aromatic nitrogens is 2. The molecule has 1 aromatic carbocycles. The van der Waals surface area contributed by atoms with Crippen LogP contribution in [0.5, 0.6) is 0 Å². The van der Waals surface area contributed by atoms with Crippen LogP contribution in [0.15, 0.2) is 101 Å². The number of rotatable bonds is 0. The van der Waals surface area contributed by atoms with E-state index in [-0.39, 0.29) is 0 Å². The first-order valence-electron chi connectivity index (χ1n) is 13.8. The molecule has 0 bridgehead atoms. The van der Waals surface area contributed by atoms with Crippen LogP contribution >= 0.6 is 22.7 Å². The summed E-state index contributed by atoms with van der Waals surface area (Å²) in [6, 6.07) is 20.3. The van der Waals surface area contributed by atoms with Gasteiger partial charge in [0.05, 0.1) is 5.51 Å². The third kappa shape index (κ3) is 52.8. The van der Waals surface area contributed by atoms with Gasteiger partial charge in [-0.25, -0.2) is 0 Å². The molecule has 0 aliphatic heterocycles. The summed E-state index contributed by atoms with van der Waals surface area (Å²) in [5, 5.41) is 6.01. The zero-order chi connectivity index (χ0) is 30.6. The van der Waals surface area contributed by atoms with Gasteiger partial charge < -0.3 is 0 Å². The summed E-state index contributed by atoms with van der Waals surface area (Å²) < 4.78 is 0. The molecule has 0 saturated heterocycles. The van der Waals surface area contributed by atoms with E-state index in [2.05, 4.69) is 130 Å². The van der Waals surface area contributed by atoms with Crippen LogP contribution in [0, 0.1) is 17.3 Å². The van der Waals surface area contributed by atoms with Crippen molar-refractivity contribution in [2.45, 2.75) is 95.4 Å². The normalized spacial score (nSPS) is 9.62. The number of hydrogen-bond donors (Lipinski definition) is 0. The molecule has 0 radical (unpaired) electrons. The standard InChI is InChI=1S/C10H14.C5H5N.C5H12.C4H4S.2C4H10.C3H3NS/c1-10(2,3)9-7-5-4-6-8-9;1-2-4-6-5-3-1;1-5(2,3)4;1-2-4-5-3-1;2*1-4(2)3;1-2-5-3-4-1/h4-8H,1-3H3;1-5H;1-4H3;1-4H;2*4H,1-3H3;1-3H. The van der Waals surface area contributed by atoms with Gasteiger partial charge in [0.2, 0.25) is 0 Å². The van der Waals surface area contributed by atoms with Gasteiger partial charge in [0.1, 0.15) is 0 Å².